The third-order valence-corrected chi connectivity index (χ3v) is 5.08. The van der Waals surface area contributed by atoms with E-state index in [-0.39, 0.29) is 6.10 Å². The van der Waals surface area contributed by atoms with Gasteiger partial charge in [0.2, 0.25) is 0 Å². The first-order chi connectivity index (χ1) is 9.53. The van der Waals surface area contributed by atoms with Gasteiger partial charge in [-0.25, -0.2) is 4.79 Å². The molecular weight excluding hydrogens is 252 g/mol. The number of ether oxygens (including phenoxy) is 1. The van der Waals surface area contributed by atoms with Crippen LogP contribution in [0.15, 0.2) is 30.3 Å². The zero-order chi connectivity index (χ0) is 14.3. The van der Waals surface area contributed by atoms with E-state index >= 15 is 0 Å². The van der Waals surface area contributed by atoms with Gasteiger partial charge < -0.3 is 4.74 Å². The molecule has 0 heterocycles. The molecule has 3 heteroatoms. The summed E-state index contributed by atoms with van der Waals surface area (Å²) in [6, 6.07) is 8.60. The Bertz CT molecular complexity index is 534. The second-order valence-electron chi connectivity index (χ2n) is 6.45. The van der Waals surface area contributed by atoms with Gasteiger partial charge >= 0.3 is 5.97 Å². The molecule has 2 aliphatic rings. The van der Waals surface area contributed by atoms with Crippen LogP contribution in [-0.4, -0.2) is 17.9 Å². The first kappa shape index (κ1) is 13.3. The molecule has 3 nitrogen and oxygen atoms in total. The number of Topliss-reactive ketones (excluding diaryl/α,β-unsaturated/α-hetero) is 1. The highest BCUT2D eigenvalue weighted by atomic mass is 16.5. The van der Waals surface area contributed by atoms with Gasteiger partial charge in [-0.05, 0) is 36.5 Å². The molecule has 0 amide bonds. The van der Waals surface area contributed by atoms with Crippen LogP contribution in [0.1, 0.15) is 43.5 Å². The van der Waals surface area contributed by atoms with Crippen molar-refractivity contribution in [3.63, 3.8) is 0 Å². The van der Waals surface area contributed by atoms with E-state index in [1.165, 1.54) is 6.42 Å². The van der Waals surface area contributed by atoms with Crippen molar-refractivity contribution in [3.8, 4) is 0 Å². The van der Waals surface area contributed by atoms with Crippen LogP contribution in [0.25, 0.3) is 0 Å². The minimum atomic E-state index is -0.707. The van der Waals surface area contributed by atoms with Crippen LogP contribution in [0.4, 0.5) is 0 Å². The van der Waals surface area contributed by atoms with Gasteiger partial charge in [0.15, 0.2) is 0 Å². The minimum Gasteiger partial charge on any atom is -0.456 e. The van der Waals surface area contributed by atoms with Crippen LogP contribution in [0, 0.1) is 17.3 Å². The molecule has 2 saturated carbocycles. The third-order valence-electron chi connectivity index (χ3n) is 5.08. The SMILES string of the molecule is CC(C)[C@]12C[C@@H](OC(=O)C(=O)c3ccccc3)C[C@H]1C2. The predicted molar refractivity (Wildman–Crippen MR) is 75.3 cm³/mol. The van der Waals surface area contributed by atoms with E-state index in [1.54, 1.807) is 24.3 Å². The summed E-state index contributed by atoms with van der Waals surface area (Å²) in [7, 11) is 0. The minimum absolute atomic E-state index is 0.0729. The Kier molecular flexibility index (Phi) is 3.15. The van der Waals surface area contributed by atoms with Gasteiger partial charge in [-0.15, -0.1) is 0 Å². The lowest BCUT2D eigenvalue weighted by Gasteiger charge is -2.19. The molecule has 0 unspecified atom stereocenters. The Morgan fingerprint density at radius 2 is 1.90 bits per heavy atom. The lowest BCUT2D eigenvalue weighted by atomic mass is 9.89. The molecule has 1 aromatic rings. The molecule has 0 N–H and O–H groups in total. The quantitative estimate of drug-likeness (QED) is 0.480. The van der Waals surface area contributed by atoms with Crippen molar-refractivity contribution < 1.29 is 14.3 Å². The third kappa shape index (κ3) is 2.15. The van der Waals surface area contributed by atoms with E-state index < -0.39 is 11.8 Å². The second-order valence-corrected chi connectivity index (χ2v) is 6.45. The van der Waals surface area contributed by atoms with Crippen LogP contribution in [-0.2, 0) is 9.53 Å². The maximum absolute atomic E-state index is 12.0. The van der Waals surface area contributed by atoms with Crippen molar-refractivity contribution in [1.82, 2.24) is 0 Å². The molecule has 0 saturated heterocycles. The Morgan fingerprint density at radius 1 is 1.20 bits per heavy atom. The van der Waals surface area contributed by atoms with Crippen LogP contribution in [0.5, 0.6) is 0 Å². The molecule has 3 atom stereocenters. The number of carbonyl (C=O) groups is 2. The van der Waals surface area contributed by atoms with E-state index in [9.17, 15) is 9.59 Å². The van der Waals surface area contributed by atoms with E-state index in [0.717, 1.165) is 12.8 Å². The molecule has 0 aromatic heterocycles. The van der Waals surface area contributed by atoms with Crippen molar-refractivity contribution in [2.24, 2.45) is 17.3 Å². The van der Waals surface area contributed by atoms with Crippen molar-refractivity contribution in [3.05, 3.63) is 35.9 Å². The summed E-state index contributed by atoms with van der Waals surface area (Å²) in [5, 5.41) is 0. The molecule has 0 bridgehead atoms. The second kappa shape index (κ2) is 4.72. The van der Waals surface area contributed by atoms with Crippen molar-refractivity contribution >= 4 is 11.8 Å². The lowest BCUT2D eigenvalue weighted by molar-refractivity contribution is -0.143. The first-order valence-corrected chi connectivity index (χ1v) is 7.33. The number of hydrogen-bond donors (Lipinski definition) is 0. The first-order valence-electron chi connectivity index (χ1n) is 7.33. The number of hydrogen-bond acceptors (Lipinski definition) is 3. The van der Waals surface area contributed by atoms with E-state index in [4.69, 9.17) is 4.74 Å². The standard InChI is InChI=1S/C17H20O3/c1-11(2)17-9-13(17)8-14(10-17)20-16(19)15(18)12-6-4-3-5-7-12/h3-7,11,13-14H,8-10H2,1-2H3/t13-,14-,17-/m0/s1. The van der Waals surface area contributed by atoms with Crippen LogP contribution < -0.4 is 0 Å². The summed E-state index contributed by atoms with van der Waals surface area (Å²) < 4.78 is 5.42. The summed E-state index contributed by atoms with van der Waals surface area (Å²) in [5.41, 5.74) is 0.778. The van der Waals surface area contributed by atoms with Gasteiger partial charge in [0.1, 0.15) is 6.10 Å². The number of esters is 1. The molecule has 2 aliphatic carbocycles. The molecule has 0 aliphatic heterocycles. The fourth-order valence-corrected chi connectivity index (χ4v) is 3.74. The van der Waals surface area contributed by atoms with E-state index in [0.29, 0.717) is 22.8 Å². The van der Waals surface area contributed by atoms with Gasteiger partial charge in [-0.1, -0.05) is 44.2 Å². The predicted octanol–water partition coefficient (Wildman–Crippen LogP) is 3.24. The summed E-state index contributed by atoms with van der Waals surface area (Å²) in [4.78, 5) is 23.9. The Balaban J connectivity index is 1.60. The number of ketones is 1. The number of rotatable bonds is 4. The summed E-state index contributed by atoms with van der Waals surface area (Å²) in [6.07, 6.45) is 3.02. The molecule has 3 rings (SSSR count). The number of fused-ring (bicyclic) bond motifs is 1. The molecule has 2 fully saturated rings. The monoisotopic (exact) mass is 272 g/mol. The summed E-state index contributed by atoms with van der Waals surface area (Å²) >= 11 is 0. The van der Waals surface area contributed by atoms with Gasteiger partial charge in [0.25, 0.3) is 5.78 Å². The highest BCUT2D eigenvalue weighted by Crippen LogP contribution is 2.67. The van der Waals surface area contributed by atoms with Crippen LogP contribution in [0.3, 0.4) is 0 Å². The van der Waals surface area contributed by atoms with Crippen molar-refractivity contribution in [2.75, 3.05) is 0 Å². The van der Waals surface area contributed by atoms with Crippen LogP contribution in [0.2, 0.25) is 0 Å². The summed E-state index contributed by atoms with van der Waals surface area (Å²) in [5.74, 6) is 0.0688. The average molecular weight is 272 g/mol. The Morgan fingerprint density at radius 3 is 2.50 bits per heavy atom. The lowest BCUT2D eigenvalue weighted by Crippen LogP contribution is -2.25. The van der Waals surface area contributed by atoms with E-state index in [1.807, 2.05) is 6.07 Å². The maximum atomic E-state index is 12.0. The maximum Gasteiger partial charge on any atom is 0.379 e. The topological polar surface area (TPSA) is 43.4 Å². The summed E-state index contributed by atoms with van der Waals surface area (Å²) in [6.45, 7) is 4.47. The van der Waals surface area contributed by atoms with Gasteiger partial charge in [-0.3, -0.25) is 4.79 Å². The Hall–Kier alpha value is -1.64. The molecular formula is C17H20O3. The fraction of sp³-hybridized carbons (Fsp3) is 0.529. The van der Waals surface area contributed by atoms with Crippen LogP contribution >= 0.6 is 0 Å². The van der Waals surface area contributed by atoms with Gasteiger partial charge in [0.05, 0.1) is 0 Å². The smallest absolute Gasteiger partial charge is 0.379 e. The fourth-order valence-electron chi connectivity index (χ4n) is 3.74. The molecule has 20 heavy (non-hydrogen) atoms. The molecule has 106 valence electrons. The van der Waals surface area contributed by atoms with Crippen molar-refractivity contribution in [2.45, 2.75) is 39.2 Å². The molecule has 1 aromatic carbocycles. The Labute approximate surface area is 119 Å². The number of carbonyl (C=O) groups excluding carboxylic acids is 2. The number of benzene rings is 1. The normalized spacial score (nSPS) is 30.9. The average Bonchev–Trinajstić information content (AvgIpc) is 3.02. The molecule has 0 radical (unpaired) electrons. The zero-order valence-corrected chi connectivity index (χ0v) is 12.0. The highest BCUT2D eigenvalue weighted by molar-refractivity contribution is 6.40. The van der Waals surface area contributed by atoms with Gasteiger partial charge in [-0.2, -0.15) is 0 Å². The van der Waals surface area contributed by atoms with Gasteiger partial charge in [0, 0.05) is 5.56 Å². The largest absolute Gasteiger partial charge is 0.456 e. The van der Waals surface area contributed by atoms with Crippen molar-refractivity contribution in [1.29, 1.82) is 0 Å². The molecule has 0 spiro atoms. The van der Waals surface area contributed by atoms with E-state index in [2.05, 4.69) is 13.8 Å². The zero-order valence-electron chi connectivity index (χ0n) is 12.0. The highest BCUT2D eigenvalue weighted by Gasteiger charge is 2.62.